The summed E-state index contributed by atoms with van der Waals surface area (Å²) in [6.07, 6.45) is 3.34. The van der Waals surface area contributed by atoms with Gasteiger partial charge in [-0.2, -0.15) is 0 Å². The number of hydrogen-bond donors (Lipinski definition) is 3. The molecule has 0 bridgehead atoms. The van der Waals surface area contributed by atoms with Crippen molar-refractivity contribution in [3.05, 3.63) is 0 Å². The van der Waals surface area contributed by atoms with Crippen LogP contribution in [0.1, 0.15) is 46.0 Å². The topological polar surface area (TPSA) is 78.8 Å². The highest BCUT2D eigenvalue weighted by molar-refractivity contribution is 5.69. The summed E-state index contributed by atoms with van der Waals surface area (Å²) in [6.45, 7) is 4.64. The van der Waals surface area contributed by atoms with Gasteiger partial charge in [0.2, 0.25) is 0 Å². The summed E-state index contributed by atoms with van der Waals surface area (Å²) < 4.78 is 4.80. The van der Waals surface area contributed by atoms with Crippen LogP contribution in [0, 0.1) is 5.92 Å². The Hall–Kier alpha value is -0.650. The van der Waals surface area contributed by atoms with Crippen LogP contribution in [0.3, 0.4) is 0 Å². The lowest BCUT2D eigenvalue weighted by molar-refractivity contribution is -0.145. The third-order valence-electron chi connectivity index (χ3n) is 3.81. The van der Waals surface area contributed by atoms with Crippen molar-refractivity contribution in [2.75, 3.05) is 19.8 Å². The molecule has 112 valence electrons. The lowest BCUT2D eigenvalue weighted by atomic mass is 9.77. The maximum absolute atomic E-state index is 11.2. The quantitative estimate of drug-likeness (QED) is 0.599. The van der Waals surface area contributed by atoms with E-state index < -0.39 is 6.10 Å². The molecule has 0 aromatic carbocycles. The number of rotatable bonds is 7. The maximum atomic E-state index is 11.2. The number of nitrogens with one attached hydrogen (secondary N) is 1. The zero-order valence-corrected chi connectivity index (χ0v) is 12.0. The molecule has 1 rings (SSSR count). The predicted octanol–water partition coefficient (Wildman–Crippen LogP) is 0.831. The molecule has 3 atom stereocenters. The Kier molecular flexibility index (Phi) is 6.75. The Balaban J connectivity index is 2.38. The summed E-state index contributed by atoms with van der Waals surface area (Å²) >= 11 is 0. The average molecular weight is 273 g/mol. The molecule has 1 aliphatic rings. The lowest BCUT2D eigenvalue weighted by Crippen LogP contribution is -2.53. The van der Waals surface area contributed by atoms with Crippen molar-refractivity contribution in [3.63, 3.8) is 0 Å². The number of carbonyl (C=O) groups excluding carboxylic acids is 1. The molecule has 0 spiro atoms. The maximum Gasteiger partial charge on any atom is 0.308 e. The number of aliphatic hydroxyl groups is 2. The van der Waals surface area contributed by atoms with Gasteiger partial charge in [-0.15, -0.1) is 0 Å². The summed E-state index contributed by atoms with van der Waals surface area (Å²) in [7, 11) is 0. The number of aliphatic hydroxyl groups excluding tert-OH is 2. The fraction of sp³-hybridized carbons (Fsp3) is 0.929. The van der Waals surface area contributed by atoms with E-state index in [1.807, 2.05) is 0 Å². The van der Waals surface area contributed by atoms with Gasteiger partial charge in [-0.1, -0.05) is 19.8 Å². The highest BCUT2D eigenvalue weighted by atomic mass is 16.5. The van der Waals surface area contributed by atoms with Gasteiger partial charge in [-0.05, 0) is 25.7 Å². The van der Waals surface area contributed by atoms with Gasteiger partial charge in [0.05, 0.1) is 25.7 Å². The molecule has 1 aliphatic carbocycles. The van der Waals surface area contributed by atoms with Crippen molar-refractivity contribution in [1.29, 1.82) is 0 Å². The van der Waals surface area contributed by atoms with Gasteiger partial charge in [0.25, 0.3) is 0 Å². The van der Waals surface area contributed by atoms with Crippen LogP contribution in [0.15, 0.2) is 0 Å². The summed E-state index contributed by atoms with van der Waals surface area (Å²) in [4.78, 5) is 11.2. The van der Waals surface area contributed by atoms with Gasteiger partial charge in [-0.3, -0.25) is 4.79 Å². The molecule has 19 heavy (non-hydrogen) atoms. The molecule has 1 saturated carbocycles. The average Bonchev–Trinajstić information content (AvgIpc) is 2.37. The fourth-order valence-electron chi connectivity index (χ4n) is 2.84. The standard InChI is InChI=1S/C14H27NO4/c1-3-19-13(18)7-12(17)9-15-14(10-16)6-4-5-11(2)8-14/h11-12,15-17H,3-10H2,1-2H3. The zero-order chi connectivity index (χ0) is 14.3. The van der Waals surface area contributed by atoms with Crippen molar-refractivity contribution in [3.8, 4) is 0 Å². The molecule has 0 radical (unpaired) electrons. The van der Waals surface area contributed by atoms with Crippen LogP contribution >= 0.6 is 0 Å². The Labute approximate surface area is 115 Å². The van der Waals surface area contributed by atoms with Crippen molar-refractivity contribution in [2.24, 2.45) is 5.92 Å². The third-order valence-corrected chi connectivity index (χ3v) is 3.81. The number of esters is 1. The van der Waals surface area contributed by atoms with E-state index in [9.17, 15) is 15.0 Å². The smallest absolute Gasteiger partial charge is 0.308 e. The molecule has 1 fully saturated rings. The zero-order valence-electron chi connectivity index (χ0n) is 12.0. The summed E-state index contributed by atoms with van der Waals surface area (Å²) in [5.41, 5.74) is -0.298. The Morgan fingerprint density at radius 2 is 2.32 bits per heavy atom. The van der Waals surface area contributed by atoms with Crippen LogP contribution in [-0.4, -0.2) is 47.6 Å². The summed E-state index contributed by atoms with van der Waals surface area (Å²) in [5.74, 6) is 0.197. The largest absolute Gasteiger partial charge is 0.466 e. The summed E-state index contributed by atoms with van der Waals surface area (Å²) in [5, 5.41) is 22.7. The van der Waals surface area contributed by atoms with Crippen LogP contribution in [0.4, 0.5) is 0 Å². The molecule has 0 saturated heterocycles. The minimum absolute atomic E-state index is 0.00208. The van der Waals surface area contributed by atoms with E-state index in [1.54, 1.807) is 6.92 Å². The van der Waals surface area contributed by atoms with Crippen molar-refractivity contribution in [1.82, 2.24) is 5.32 Å². The molecule has 0 aromatic rings. The van der Waals surface area contributed by atoms with E-state index in [-0.39, 0.29) is 24.5 Å². The predicted molar refractivity (Wildman–Crippen MR) is 72.7 cm³/mol. The second-order valence-corrected chi connectivity index (χ2v) is 5.68. The van der Waals surface area contributed by atoms with E-state index in [2.05, 4.69) is 12.2 Å². The normalized spacial score (nSPS) is 28.9. The molecule has 0 aliphatic heterocycles. The highest BCUT2D eigenvalue weighted by Crippen LogP contribution is 2.31. The SMILES string of the molecule is CCOC(=O)CC(O)CNC1(CO)CCCC(C)C1. The van der Waals surface area contributed by atoms with E-state index in [0.29, 0.717) is 19.1 Å². The molecule has 3 unspecified atom stereocenters. The fourth-order valence-corrected chi connectivity index (χ4v) is 2.84. The molecule has 0 aromatic heterocycles. The molecule has 0 heterocycles. The van der Waals surface area contributed by atoms with Gasteiger partial charge in [0, 0.05) is 12.1 Å². The van der Waals surface area contributed by atoms with E-state index >= 15 is 0 Å². The Bertz CT molecular complexity index is 285. The lowest BCUT2D eigenvalue weighted by Gasteiger charge is -2.40. The van der Waals surface area contributed by atoms with Crippen molar-refractivity contribution >= 4 is 5.97 Å². The van der Waals surface area contributed by atoms with Crippen LogP contribution in [0.2, 0.25) is 0 Å². The van der Waals surface area contributed by atoms with Gasteiger partial charge < -0.3 is 20.3 Å². The van der Waals surface area contributed by atoms with E-state index in [0.717, 1.165) is 19.3 Å². The summed E-state index contributed by atoms with van der Waals surface area (Å²) in [6, 6.07) is 0. The van der Waals surface area contributed by atoms with Crippen LogP contribution in [0.5, 0.6) is 0 Å². The minimum Gasteiger partial charge on any atom is -0.466 e. The molecule has 0 amide bonds. The Morgan fingerprint density at radius 3 is 2.89 bits per heavy atom. The van der Waals surface area contributed by atoms with Gasteiger partial charge in [-0.25, -0.2) is 0 Å². The van der Waals surface area contributed by atoms with Crippen LogP contribution in [0.25, 0.3) is 0 Å². The van der Waals surface area contributed by atoms with E-state index in [4.69, 9.17) is 4.74 Å². The molecular formula is C14H27NO4. The minimum atomic E-state index is -0.764. The number of carbonyl (C=O) groups is 1. The van der Waals surface area contributed by atoms with Crippen molar-refractivity contribution < 1.29 is 19.7 Å². The highest BCUT2D eigenvalue weighted by Gasteiger charge is 2.34. The van der Waals surface area contributed by atoms with Crippen LogP contribution < -0.4 is 5.32 Å². The molecular weight excluding hydrogens is 246 g/mol. The second-order valence-electron chi connectivity index (χ2n) is 5.68. The number of β-amino-alcohol motifs (C(OH)–C–C–N with tert-alkyl or cyclic N) is 1. The van der Waals surface area contributed by atoms with Gasteiger partial charge in [0.15, 0.2) is 0 Å². The first-order valence-corrected chi connectivity index (χ1v) is 7.21. The first-order chi connectivity index (χ1) is 9.01. The van der Waals surface area contributed by atoms with Crippen molar-refractivity contribution in [2.45, 2.75) is 57.6 Å². The molecule has 3 N–H and O–H groups in total. The molecule has 5 heteroatoms. The Morgan fingerprint density at radius 1 is 1.58 bits per heavy atom. The van der Waals surface area contributed by atoms with Crippen LogP contribution in [-0.2, 0) is 9.53 Å². The first kappa shape index (κ1) is 16.4. The monoisotopic (exact) mass is 273 g/mol. The number of hydrogen-bond acceptors (Lipinski definition) is 5. The second kappa shape index (κ2) is 7.82. The third kappa shape index (κ3) is 5.47. The van der Waals surface area contributed by atoms with Gasteiger partial charge >= 0.3 is 5.97 Å². The molecule has 5 nitrogen and oxygen atoms in total. The number of ether oxygens (including phenoxy) is 1. The first-order valence-electron chi connectivity index (χ1n) is 7.21. The van der Waals surface area contributed by atoms with Gasteiger partial charge in [0.1, 0.15) is 0 Å². The van der Waals surface area contributed by atoms with E-state index in [1.165, 1.54) is 6.42 Å².